The van der Waals surface area contributed by atoms with Crippen LogP contribution in [0, 0.1) is 0 Å². The first kappa shape index (κ1) is 13.8. The molecule has 0 spiro atoms. The van der Waals surface area contributed by atoms with Gasteiger partial charge in [0.1, 0.15) is 0 Å². The second kappa shape index (κ2) is 6.53. The molecule has 4 nitrogen and oxygen atoms in total. The summed E-state index contributed by atoms with van der Waals surface area (Å²) in [6.07, 6.45) is 8.14. The lowest BCUT2D eigenvalue weighted by atomic mass is 9.95. The molecule has 18 heavy (non-hydrogen) atoms. The van der Waals surface area contributed by atoms with E-state index in [1.54, 1.807) is 0 Å². The Kier molecular flexibility index (Phi) is 5.01. The van der Waals surface area contributed by atoms with E-state index in [1.807, 2.05) is 6.92 Å². The van der Waals surface area contributed by atoms with Gasteiger partial charge < -0.3 is 10.4 Å². The van der Waals surface area contributed by atoms with Crippen LogP contribution < -0.4 is 5.32 Å². The summed E-state index contributed by atoms with van der Waals surface area (Å²) in [5, 5.41) is 12.5. The molecule has 2 N–H and O–H groups in total. The minimum atomic E-state index is -0.105. The fourth-order valence-corrected chi connectivity index (χ4v) is 3.28. The normalized spacial score (nSPS) is 28.2. The molecule has 2 aliphatic rings. The number of nitrogens with zero attached hydrogens (tertiary/aromatic N) is 1. The topological polar surface area (TPSA) is 52.6 Å². The lowest BCUT2D eigenvalue weighted by molar-refractivity contribution is -0.127. The van der Waals surface area contributed by atoms with Crippen LogP contribution >= 0.6 is 0 Å². The summed E-state index contributed by atoms with van der Waals surface area (Å²) in [7, 11) is 0. The summed E-state index contributed by atoms with van der Waals surface area (Å²) in [5.41, 5.74) is 0. The minimum absolute atomic E-state index is 0.105. The largest absolute Gasteiger partial charge is 0.395 e. The van der Waals surface area contributed by atoms with E-state index < -0.39 is 0 Å². The van der Waals surface area contributed by atoms with Crippen molar-refractivity contribution < 1.29 is 9.90 Å². The third-order valence-electron chi connectivity index (χ3n) is 4.46. The van der Waals surface area contributed by atoms with Crippen LogP contribution in [0.25, 0.3) is 0 Å². The first-order chi connectivity index (χ1) is 8.72. The Labute approximate surface area is 110 Å². The van der Waals surface area contributed by atoms with Crippen molar-refractivity contribution in [3.63, 3.8) is 0 Å². The Morgan fingerprint density at radius 3 is 2.67 bits per heavy atom. The summed E-state index contributed by atoms with van der Waals surface area (Å²) >= 11 is 0. The maximum Gasteiger partial charge on any atom is 0.237 e. The molecule has 2 atom stereocenters. The Morgan fingerprint density at radius 2 is 2.00 bits per heavy atom. The van der Waals surface area contributed by atoms with E-state index in [-0.39, 0.29) is 24.6 Å². The molecule has 2 fully saturated rings. The molecule has 1 saturated heterocycles. The molecular weight excluding hydrogens is 228 g/mol. The highest BCUT2D eigenvalue weighted by atomic mass is 16.3. The summed E-state index contributed by atoms with van der Waals surface area (Å²) < 4.78 is 0. The molecule has 1 heterocycles. The third-order valence-corrected chi connectivity index (χ3v) is 4.46. The van der Waals surface area contributed by atoms with Gasteiger partial charge in [0.2, 0.25) is 5.91 Å². The zero-order valence-electron chi connectivity index (χ0n) is 11.4. The number of hydrogen-bond donors (Lipinski definition) is 2. The van der Waals surface area contributed by atoms with Crippen LogP contribution in [0.1, 0.15) is 51.9 Å². The van der Waals surface area contributed by atoms with E-state index in [4.69, 9.17) is 0 Å². The molecule has 1 unspecified atom stereocenters. The number of carbonyl (C=O) groups excluding carboxylic acids is 1. The molecule has 1 aliphatic heterocycles. The van der Waals surface area contributed by atoms with Gasteiger partial charge in [0.25, 0.3) is 0 Å². The quantitative estimate of drug-likeness (QED) is 0.794. The second-order valence-electron chi connectivity index (χ2n) is 5.74. The second-order valence-corrected chi connectivity index (χ2v) is 5.74. The van der Waals surface area contributed by atoms with Crippen molar-refractivity contribution >= 4 is 5.91 Å². The predicted molar refractivity (Wildman–Crippen MR) is 71.3 cm³/mol. The van der Waals surface area contributed by atoms with Crippen molar-refractivity contribution in [2.45, 2.75) is 70.0 Å². The zero-order valence-corrected chi connectivity index (χ0v) is 11.4. The first-order valence-electron chi connectivity index (χ1n) is 7.39. The standard InChI is InChI=1S/C14H26N2O2/c1-11(16-9-5-8-13(16)10-17)14(18)15-12-6-3-2-4-7-12/h11-13,17H,2-10H2,1H3,(H,15,18)/t11?,13-/m0/s1. The Balaban J connectivity index is 1.83. The number of carbonyl (C=O) groups is 1. The van der Waals surface area contributed by atoms with Crippen molar-refractivity contribution in [1.82, 2.24) is 10.2 Å². The molecule has 1 aliphatic carbocycles. The summed E-state index contributed by atoms with van der Waals surface area (Å²) in [6.45, 7) is 3.07. The van der Waals surface area contributed by atoms with Crippen LogP contribution in [-0.2, 0) is 4.79 Å². The molecular formula is C14H26N2O2. The number of aliphatic hydroxyl groups is 1. The number of likely N-dealkylation sites (tertiary alicyclic amines) is 1. The number of hydrogen-bond acceptors (Lipinski definition) is 3. The van der Waals surface area contributed by atoms with Crippen LogP contribution in [0.15, 0.2) is 0 Å². The number of rotatable bonds is 4. The van der Waals surface area contributed by atoms with E-state index in [2.05, 4.69) is 10.2 Å². The van der Waals surface area contributed by atoms with Crippen molar-refractivity contribution in [3.8, 4) is 0 Å². The molecule has 1 amide bonds. The highest BCUT2D eigenvalue weighted by Crippen LogP contribution is 2.21. The number of nitrogens with one attached hydrogen (secondary N) is 1. The van der Waals surface area contributed by atoms with Crippen LogP contribution in [0.5, 0.6) is 0 Å². The van der Waals surface area contributed by atoms with Gasteiger partial charge in [-0.25, -0.2) is 0 Å². The summed E-state index contributed by atoms with van der Waals surface area (Å²) in [6, 6.07) is 0.451. The summed E-state index contributed by atoms with van der Waals surface area (Å²) in [5.74, 6) is 0.141. The highest BCUT2D eigenvalue weighted by molar-refractivity contribution is 5.81. The minimum Gasteiger partial charge on any atom is -0.395 e. The summed E-state index contributed by atoms with van der Waals surface area (Å²) in [4.78, 5) is 14.4. The molecule has 0 bridgehead atoms. The molecule has 1 saturated carbocycles. The van der Waals surface area contributed by atoms with Crippen molar-refractivity contribution in [2.24, 2.45) is 0 Å². The van der Waals surface area contributed by atoms with Gasteiger partial charge in [-0.05, 0) is 39.2 Å². The average Bonchev–Trinajstić information content (AvgIpc) is 2.87. The predicted octanol–water partition coefficient (Wildman–Crippen LogP) is 1.28. The SMILES string of the molecule is CC(C(=O)NC1CCCCC1)N1CCC[C@H]1CO. The van der Waals surface area contributed by atoms with E-state index in [0.717, 1.165) is 32.2 Å². The van der Waals surface area contributed by atoms with Gasteiger partial charge in [0, 0.05) is 12.1 Å². The molecule has 0 radical (unpaired) electrons. The third kappa shape index (κ3) is 3.23. The van der Waals surface area contributed by atoms with Crippen LogP contribution in [0.3, 0.4) is 0 Å². The van der Waals surface area contributed by atoms with Gasteiger partial charge in [0.15, 0.2) is 0 Å². The van der Waals surface area contributed by atoms with E-state index in [1.165, 1.54) is 19.3 Å². The molecule has 4 heteroatoms. The van der Waals surface area contributed by atoms with Gasteiger partial charge in [0.05, 0.1) is 12.6 Å². The average molecular weight is 254 g/mol. The molecule has 104 valence electrons. The first-order valence-corrected chi connectivity index (χ1v) is 7.39. The number of aliphatic hydroxyl groups excluding tert-OH is 1. The molecule has 2 rings (SSSR count). The van der Waals surface area contributed by atoms with Crippen LogP contribution in [-0.4, -0.2) is 47.2 Å². The highest BCUT2D eigenvalue weighted by Gasteiger charge is 2.32. The molecule has 0 aromatic carbocycles. The van der Waals surface area contributed by atoms with Gasteiger partial charge >= 0.3 is 0 Å². The lowest BCUT2D eigenvalue weighted by Gasteiger charge is -2.31. The Bertz CT molecular complexity index is 277. The van der Waals surface area contributed by atoms with Crippen LogP contribution in [0.2, 0.25) is 0 Å². The van der Waals surface area contributed by atoms with E-state index >= 15 is 0 Å². The van der Waals surface area contributed by atoms with Crippen molar-refractivity contribution in [2.75, 3.05) is 13.2 Å². The lowest BCUT2D eigenvalue weighted by Crippen LogP contribution is -2.50. The van der Waals surface area contributed by atoms with Gasteiger partial charge in [-0.2, -0.15) is 0 Å². The Morgan fingerprint density at radius 1 is 1.28 bits per heavy atom. The fraction of sp³-hybridized carbons (Fsp3) is 0.929. The maximum atomic E-state index is 12.2. The number of amides is 1. The maximum absolute atomic E-state index is 12.2. The monoisotopic (exact) mass is 254 g/mol. The van der Waals surface area contributed by atoms with Gasteiger partial charge in [-0.15, -0.1) is 0 Å². The fourth-order valence-electron chi connectivity index (χ4n) is 3.28. The van der Waals surface area contributed by atoms with Crippen molar-refractivity contribution in [1.29, 1.82) is 0 Å². The smallest absolute Gasteiger partial charge is 0.237 e. The van der Waals surface area contributed by atoms with Gasteiger partial charge in [-0.3, -0.25) is 9.69 Å². The van der Waals surface area contributed by atoms with E-state index in [9.17, 15) is 9.90 Å². The Hall–Kier alpha value is -0.610. The molecule has 0 aromatic heterocycles. The van der Waals surface area contributed by atoms with Crippen LogP contribution in [0.4, 0.5) is 0 Å². The van der Waals surface area contributed by atoms with E-state index in [0.29, 0.717) is 6.04 Å². The van der Waals surface area contributed by atoms with Gasteiger partial charge in [-0.1, -0.05) is 19.3 Å². The van der Waals surface area contributed by atoms with Crippen molar-refractivity contribution in [3.05, 3.63) is 0 Å². The zero-order chi connectivity index (χ0) is 13.0. The molecule has 0 aromatic rings.